The summed E-state index contributed by atoms with van der Waals surface area (Å²) >= 11 is 0. The van der Waals surface area contributed by atoms with Crippen LogP contribution in [0.1, 0.15) is 36.2 Å². The highest BCUT2D eigenvalue weighted by Gasteiger charge is 2.21. The van der Waals surface area contributed by atoms with Crippen LogP contribution in [0.15, 0.2) is 53.7 Å². The Morgan fingerprint density at radius 2 is 1.90 bits per heavy atom. The molecule has 0 amide bonds. The van der Waals surface area contributed by atoms with Gasteiger partial charge in [-0.15, -0.1) is 5.10 Å². The van der Waals surface area contributed by atoms with Gasteiger partial charge >= 0.3 is 0 Å². The average molecular weight is 415 g/mol. The maximum atomic E-state index is 13.3. The molecule has 1 aromatic carbocycles. The second kappa shape index (κ2) is 7.98. The van der Waals surface area contributed by atoms with E-state index in [-0.39, 0.29) is 5.43 Å². The molecule has 3 heterocycles. The zero-order valence-corrected chi connectivity index (χ0v) is 17.9. The van der Waals surface area contributed by atoms with E-state index >= 15 is 0 Å². The van der Waals surface area contributed by atoms with Crippen LogP contribution in [0, 0.1) is 0 Å². The van der Waals surface area contributed by atoms with Gasteiger partial charge in [0.05, 0.1) is 29.5 Å². The largest absolute Gasteiger partial charge is 0.380 e. The third-order valence-corrected chi connectivity index (χ3v) is 6.03. The van der Waals surface area contributed by atoms with Crippen LogP contribution in [0.2, 0.25) is 0 Å². The van der Waals surface area contributed by atoms with Gasteiger partial charge in [0.1, 0.15) is 5.65 Å². The quantitative estimate of drug-likeness (QED) is 0.524. The highest BCUT2D eigenvalue weighted by Crippen LogP contribution is 2.25. The number of hydrogen-bond donors (Lipinski definition) is 1. The van der Waals surface area contributed by atoms with Crippen molar-refractivity contribution in [3.63, 3.8) is 0 Å². The lowest BCUT2D eigenvalue weighted by Gasteiger charge is -2.15. The molecule has 4 aromatic rings. The van der Waals surface area contributed by atoms with Crippen LogP contribution in [0.4, 0.5) is 5.69 Å². The van der Waals surface area contributed by atoms with E-state index in [1.807, 2.05) is 36.1 Å². The molecule has 1 aliphatic carbocycles. The first kappa shape index (κ1) is 19.5. The summed E-state index contributed by atoms with van der Waals surface area (Å²) in [5.41, 5.74) is 5.99. The number of rotatable bonds is 6. The van der Waals surface area contributed by atoms with Gasteiger partial charge < -0.3 is 9.88 Å². The predicted octanol–water partition coefficient (Wildman–Crippen LogP) is 3.20. The molecule has 1 aliphatic rings. The maximum absolute atomic E-state index is 13.3. The first-order valence-corrected chi connectivity index (χ1v) is 10.9. The number of pyridine rings is 2. The van der Waals surface area contributed by atoms with E-state index in [0.29, 0.717) is 29.2 Å². The van der Waals surface area contributed by atoms with Crippen LogP contribution in [-0.2, 0) is 32.4 Å². The minimum Gasteiger partial charge on any atom is -0.380 e. The molecular weight excluding hydrogens is 388 g/mol. The van der Waals surface area contributed by atoms with Gasteiger partial charge in [-0.1, -0.05) is 36.4 Å². The molecule has 0 aliphatic heterocycles. The van der Waals surface area contributed by atoms with Crippen LogP contribution in [0.3, 0.4) is 0 Å². The summed E-state index contributed by atoms with van der Waals surface area (Å²) in [6.07, 6.45) is 8.42. The number of aryl methyl sites for hydroxylation is 2. The van der Waals surface area contributed by atoms with E-state index in [9.17, 15) is 4.79 Å². The lowest BCUT2D eigenvalue weighted by molar-refractivity contribution is 0.639. The van der Waals surface area contributed by atoms with E-state index in [4.69, 9.17) is 0 Å². The summed E-state index contributed by atoms with van der Waals surface area (Å²) in [6.45, 7) is 5.23. The monoisotopic (exact) mass is 414 g/mol. The Bertz CT molecular complexity index is 1280. The van der Waals surface area contributed by atoms with E-state index in [1.54, 1.807) is 4.68 Å². The first-order valence-electron chi connectivity index (χ1n) is 10.9. The van der Waals surface area contributed by atoms with Gasteiger partial charge in [0, 0.05) is 30.5 Å². The fourth-order valence-electron chi connectivity index (χ4n) is 4.42. The lowest BCUT2D eigenvalue weighted by atomic mass is 10.1. The molecule has 0 unspecified atom stereocenters. The van der Waals surface area contributed by atoms with Gasteiger partial charge in [-0.05, 0) is 43.4 Å². The Morgan fingerprint density at radius 1 is 1.13 bits per heavy atom. The standard InChI is InChI=1S/C24H26N6O/c1-3-19-15-30(28-27-19)14-18-13-29(4-2)24-22(23(18)31)11-21(12-25-24)26-20-9-16-7-5-6-8-17(16)10-20/h5-8,11-13,15,20,26H,3-4,9-10,14H2,1-2H3. The summed E-state index contributed by atoms with van der Waals surface area (Å²) in [5.74, 6) is 0. The fraction of sp³-hybridized carbons (Fsp3) is 0.333. The molecule has 0 bridgehead atoms. The zero-order chi connectivity index (χ0) is 21.4. The van der Waals surface area contributed by atoms with Crippen molar-refractivity contribution in [2.45, 2.75) is 52.2 Å². The predicted molar refractivity (Wildman–Crippen MR) is 121 cm³/mol. The van der Waals surface area contributed by atoms with Crippen LogP contribution in [0.5, 0.6) is 0 Å². The Labute approximate surface area is 180 Å². The van der Waals surface area contributed by atoms with E-state index in [1.165, 1.54) is 11.1 Å². The number of aromatic nitrogens is 5. The van der Waals surface area contributed by atoms with Crippen molar-refractivity contribution in [1.29, 1.82) is 0 Å². The van der Waals surface area contributed by atoms with Crippen molar-refractivity contribution in [3.8, 4) is 0 Å². The lowest BCUT2D eigenvalue weighted by Crippen LogP contribution is -2.21. The number of fused-ring (bicyclic) bond motifs is 2. The Balaban J connectivity index is 1.47. The zero-order valence-electron chi connectivity index (χ0n) is 17.9. The van der Waals surface area contributed by atoms with Crippen molar-refractivity contribution in [2.24, 2.45) is 0 Å². The van der Waals surface area contributed by atoms with Gasteiger partial charge in [-0.3, -0.25) is 4.79 Å². The van der Waals surface area contributed by atoms with Crippen molar-refractivity contribution in [1.82, 2.24) is 24.5 Å². The Kier molecular flexibility index (Phi) is 5.02. The molecule has 0 saturated heterocycles. The van der Waals surface area contributed by atoms with Crippen molar-refractivity contribution < 1.29 is 0 Å². The first-order chi connectivity index (χ1) is 15.1. The summed E-state index contributed by atoms with van der Waals surface area (Å²) in [4.78, 5) is 17.9. The number of nitrogens with one attached hydrogen (secondary N) is 1. The molecule has 0 radical (unpaired) electrons. The van der Waals surface area contributed by atoms with Gasteiger partial charge in [-0.25, -0.2) is 9.67 Å². The molecule has 7 heteroatoms. The minimum atomic E-state index is -0.000827. The topological polar surface area (TPSA) is 77.6 Å². The molecule has 7 nitrogen and oxygen atoms in total. The van der Waals surface area contributed by atoms with Crippen LogP contribution >= 0.6 is 0 Å². The van der Waals surface area contributed by atoms with Crippen molar-refractivity contribution >= 4 is 16.7 Å². The molecule has 3 aromatic heterocycles. The molecule has 0 fully saturated rings. The molecule has 31 heavy (non-hydrogen) atoms. The maximum Gasteiger partial charge on any atom is 0.196 e. The second-order valence-electron chi connectivity index (χ2n) is 8.14. The van der Waals surface area contributed by atoms with Crippen molar-refractivity contribution in [3.05, 3.63) is 81.5 Å². The number of benzene rings is 1. The molecule has 0 saturated carbocycles. The molecule has 5 rings (SSSR count). The summed E-state index contributed by atoms with van der Waals surface area (Å²) in [5, 5.41) is 12.5. The second-order valence-corrected chi connectivity index (χ2v) is 8.14. The molecule has 0 atom stereocenters. The summed E-state index contributed by atoms with van der Waals surface area (Å²) in [7, 11) is 0. The third kappa shape index (κ3) is 3.71. The van der Waals surface area contributed by atoms with Gasteiger partial charge in [0.15, 0.2) is 5.43 Å². The van der Waals surface area contributed by atoms with Crippen molar-refractivity contribution in [2.75, 3.05) is 5.32 Å². The molecule has 1 N–H and O–H groups in total. The minimum absolute atomic E-state index is 0.000827. The molecule has 158 valence electrons. The SMILES string of the molecule is CCc1cn(Cc2cn(CC)c3ncc(NC4Cc5ccccc5C4)cc3c2=O)nn1. The van der Waals surface area contributed by atoms with Gasteiger partial charge in [0.2, 0.25) is 0 Å². The molecular formula is C24H26N6O. The van der Waals surface area contributed by atoms with Crippen LogP contribution in [0.25, 0.3) is 11.0 Å². The van der Waals surface area contributed by atoms with Crippen LogP contribution < -0.4 is 10.7 Å². The number of anilines is 1. The van der Waals surface area contributed by atoms with E-state index in [0.717, 1.165) is 37.2 Å². The normalized spacial score (nSPS) is 13.6. The average Bonchev–Trinajstić information content (AvgIpc) is 3.41. The van der Waals surface area contributed by atoms with E-state index in [2.05, 4.69) is 51.8 Å². The fourth-order valence-corrected chi connectivity index (χ4v) is 4.42. The van der Waals surface area contributed by atoms with E-state index < -0.39 is 0 Å². The number of hydrogen-bond acceptors (Lipinski definition) is 5. The third-order valence-electron chi connectivity index (χ3n) is 6.03. The highest BCUT2D eigenvalue weighted by molar-refractivity contribution is 5.79. The van der Waals surface area contributed by atoms with Gasteiger partial charge in [-0.2, -0.15) is 0 Å². The van der Waals surface area contributed by atoms with Gasteiger partial charge in [0.25, 0.3) is 0 Å². The Morgan fingerprint density at radius 3 is 2.58 bits per heavy atom. The van der Waals surface area contributed by atoms with Crippen LogP contribution in [-0.4, -0.2) is 30.6 Å². The molecule has 0 spiro atoms. The number of nitrogens with zero attached hydrogens (tertiary/aromatic N) is 5. The Hall–Kier alpha value is -3.48. The smallest absolute Gasteiger partial charge is 0.196 e. The summed E-state index contributed by atoms with van der Waals surface area (Å²) < 4.78 is 3.76. The highest BCUT2D eigenvalue weighted by atomic mass is 16.1. The summed E-state index contributed by atoms with van der Waals surface area (Å²) in [6, 6.07) is 10.8.